The number of hydrogen-bond donors (Lipinski definition) is 1. The van der Waals surface area contributed by atoms with E-state index in [0.717, 1.165) is 11.3 Å². The fraction of sp³-hybridized carbons (Fsp3) is 0.643. The highest BCUT2D eigenvalue weighted by molar-refractivity contribution is 8.00. The van der Waals surface area contributed by atoms with Gasteiger partial charge in [0.1, 0.15) is 5.75 Å². The molecule has 3 nitrogen and oxygen atoms in total. The number of nitrogens with zero attached hydrogens (tertiary/aromatic N) is 1. The minimum absolute atomic E-state index is 0.0681. The van der Waals surface area contributed by atoms with Crippen molar-refractivity contribution in [2.24, 2.45) is 5.73 Å². The maximum absolute atomic E-state index is 6.35. The number of pyridine rings is 1. The normalized spacial score (nSPS) is 21.9. The smallest absolute Gasteiger partial charge is 0.138 e. The van der Waals surface area contributed by atoms with E-state index in [4.69, 9.17) is 10.5 Å². The van der Waals surface area contributed by atoms with Crippen LogP contribution >= 0.6 is 11.8 Å². The maximum Gasteiger partial charge on any atom is 0.138 e. The molecule has 1 aliphatic rings. The lowest BCUT2D eigenvalue weighted by molar-refractivity contribution is 0.241. The molecule has 1 aromatic rings. The standard InChI is InChI=1S/C14H22N2OS/c1-10(2)17-12-7-11(8-16-9-12)14(15)13-5-3-4-6-18-13/h7-10,13-14H,3-6,15H2,1-2H3. The molecule has 100 valence electrons. The average molecular weight is 266 g/mol. The van der Waals surface area contributed by atoms with E-state index in [1.165, 1.54) is 25.0 Å². The predicted molar refractivity (Wildman–Crippen MR) is 77.0 cm³/mol. The number of nitrogens with two attached hydrogens (primary N) is 1. The van der Waals surface area contributed by atoms with Crippen molar-refractivity contribution in [3.8, 4) is 5.75 Å². The van der Waals surface area contributed by atoms with E-state index in [1.54, 1.807) is 6.20 Å². The van der Waals surface area contributed by atoms with Gasteiger partial charge in [0, 0.05) is 17.5 Å². The molecule has 0 aliphatic carbocycles. The summed E-state index contributed by atoms with van der Waals surface area (Å²) in [6.45, 7) is 4.03. The second-order valence-electron chi connectivity index (χ2n) is 5.05. The van der Waals surface area contributed by atoms with Gasteiger partial charge in [-0.15, -0.1) is 0 Å². The quantitative estimate of drug-likeness (QED) is 0.909. The number of aromatic nitrogens is 1. The molecule has 1 fully saturated rings. The summed E-state index contributed by atoms with van der Waals surface area (Å²) in [7, 11) is 0. The van der Waals surface area contributed by atoms with E-state index in [-0.39, 0.29) is 12.1 Å². The van der Waals surface area contributed by atoms with Gasteiger partial charge in [0.2, 0.25) is 0 Å². The summed E-state index contributed by atoms with van der Waals surface area (Å²) in [6.07, 6.45) is 7.62. The minimum Gasteiger partial charge on any atom is -0.489 e. The summed E-state index contributed by atoms with van der Waals surface area (Å²) in [5.41, 5.74) is 7.44. The molecule has 1 saturated heterocycles. The molecular weight excluding hydrogens is 244 g/mol. The molecule has 18 heavy (non-hydrogen) atoms. The lowest BCUT2D eigenvalue weighted by Gasteiger charge is -2.27. The predicted octanol–water partition coefficient (Wildman–Crippen LogP) is 3.15. The molecule has 2 rings (SSSR count). The van der Waals surface area contributed by atoms with Crippen molar-refractivity contribution in [3.63, 3.8) is 0 Å². The van der Waals surface area contributed by atoms with Gasteiger partial charge in [0.05, 0.1) is 12.3 Å². The summed E-state index contributed by atoms with van der Waals surface area (Å²) in [5, 5.41) is 0.523. The topological polar surface area (TPSA) is 48.1 Å². The van der Waals surface area contributed by atoms with Crippen LogP contribution in [0.3, 0.4) is 0 Å². The van der Waals surface area contributed by atoms with E-state index < -0.39 is 0 Å². The Labute approximate surface area is 114 Å². The Kier molecular flexibility index (Phi) is 4.89. The number of ether oxygens (including phenoxy) is 1. The van der Waals surface area contributed by atoms with Crippen molar-refractivity contribution in [2.75, 3.05) is 5.75 Å². The zero-order valence-electron chi connectivity index (χ0n) is 11.1. The summed E-state index contributed by atoms with van der Waals surface area (Å²) >= 11 is 1.99. The zero-order chi connectivity index (χ0) is 13.0. The first kappa shape index (κ1) is 13.7. The first-order valence-corrected chi connectivity index (χ1v) is 7.70. The molecule has 0 amide bonds. The number of hydrogen-bond acceptors (Lipinski definition) is 4. The molecule has 2 unspecified atom stereocenters. The van der Waals surface area contributed by atoms with Crippen LogP contribution in [0.15, 0.2) is 18.5 Å². The summed E-state index contributed by atoms with van der Waals surface area (Å²) in [4.78, 5) is 4.24. The van der Waals surface area contributed by atoms with E-state index in [1.807, 2.05) is 37.9 Å². The third kappa shape index (κ3) is 3.62. The second-order valence-corrected chi connectivity index (χ2v) is 6.40. The third-order valence-corrected chi connectivity index (χ3v) is 4.59. The Morgan fingerprint density at radius 1 is 1.39 bits per heavy atom. The van der Waals surface area contributed by atoms with E-state index >= 15 is 0 Å². The van der Waals surface area contributed by atoms with Crippen molar-refractivity contribution in [2.45, 2.75) is 50.5 Å². The van der Waals surface area contributed by atoms with Crippen LogP contribution in [-0.2, 0) is 0 Å². The van der Waals surface area contributed by atoms with Gasteiger partial charge in [0.15, 0.2) is 0 Å². The first-order valence-electron chi connectivity index (χ1n) is 6.65. The third-order valence-electron chi connectivity index (χ3n) is 3.11. The lowest BCUT2D eigenvalue weighted by Crippen LogP contribution is -2.26. The van der Waals surface area contributed by atoms with Crippen LogP contribution in [0.2, 0.25) is 0 Å². The van der Waals surface area contributed by atoms with Gasteiger partial charge in [-0.1, -0.05) is 6.42 Å². The number of thioether (sulfide) groups is 1. The van der Waals surface area contributed by atoms with Gasteiger partial charge in [-0.3, -0.25) is 4.98 Å². The largest absolute Gasteiger partial charge is 0.489 e. The molecule has 0 saturated carbocycles. The summed E-state index contributed by atoms with van der Waals surface area (Å²) in [6, 6.07) is 2.10. The SMILES string of the molecule is CC(C)Oc1cncc(C(N)C2CCCCS2)c1. The maximum atomic E-state index is 6.35. The van der Waals surface area contributed by atoms with Crippen LogP contribution in [0.5, 0.6) is 5.75 Å². The molecule has 1 aliphatic heterocycles. The Morgan fingerprint density at radius 3 is 2.89 bits per heavy atom. The zero-order valence-corrected chi connectivity index (χ0v) is 12.0. The molecule has 2 atom stereocenters. The van der Waals surface area contributed by atoms with Crippen molar-refractivity contribution in [1.82, 2.24) is 4.98 Å². The summed E-state index contributed by atoms with van der Waals surface area (Å²) < 4.78 is 5.67. The van der Waals surface area contributed by atoms with Crippen LogP contribution in [0.1, 0.15) is 44.7 Å². The first-order chi connectivity index (χ1) is 8.66. The van der Waals surface area contributed by atoms with Gasteiger partial charge >= 0.3 is 0 Å². The number of rotatable bonds is 4. The highest BCUT2D eigenvalue weighted by atomic mass is 32.2. The van der Waals surface area contributed by atoms with Crippen LogP contribution in [0.25, 0.3) is 0 Å². The molecule has 0 radical (unpaired) electrons. The van der Waals surface area contributed by atoms with E-state index in [9.17, 15) is 0 Å². The Balaban J connectivity index is 2.06. The van der Waals surface area contributed by atoms with Crippen molar-refractivity contribution in [3.05, 3.63) is 24.0 Å². The van der Waals surface area contributed by atoms with Gasteiger partial charge in [-0.25, -0.2) is 0 Å². The Morgan fingerprint density at radius 2 is 2.22 bits per heavy atom. The minimum atomic E-state index is 0.0681. The monoisotopic (exact) mass is 266 g/mol. The molecule has 2 heterocycles. The van der Waals surface area contributed by atoms with Gasteiger partial charge in [0.25, 0.3) is 0 Å². The average Bonchev–Trinajstić information content (AvgIpc) is 2.38. The Hall–Kier alpha value is -0.740. The van der Waals surface area contributed by atoms with Crippen molar-refractivity contribution in [1.29, 1.82) is 0 Å². The van der Waals surface area contributed by atoms with Gasteiger partial charge in [-0.2, -0.15) is 11.8 Å². The molecular formula is C14H22N2OS. The van der Waals surface area contributed by atoms with Gasteiger partial charge < -0.3 is 10.5 Å². The van der Waals surface area contributed by atoms with Crippen molar-refractivity contribution >= 4 is 11.8 Å². The van der Waals surface area contributed by atoms with Gasteiger partial charge in [-0.05, 0) is 44.1 Å². The molecule has 4 heteroatoms. The molecule has 0 bridgehead atoms. The molecule has 0 spiro atoms. The molecule has 2 N–H and O–H groups in total. The highest BCUT2D eigenvalue weighted by Gasteiger charge is 2.23. The fourth-order valence-corrected chi connectivity index (χ4v) is 3.59. The van der Waals surface area contributed by atoms with E-state index in [2.05, 4.69) is 4.98 Å². The van der Waals surface area contributed by atoms with E-state index in [0.29, 0.717) is 5.25 Å². The fourth-order valence-electron chi connectivity index (χ4n) is 2.22. The Bertz CT molecular complexity index is 378. The molecule has 0 aromatic carbocycles. The second kappa shape index (κ2) is 6.43. The van der Waals surface area contributed by atoms with Crippen LogP contribution < -0.4 is 10.5 Å². The van der Waals surface area contributed by atoms with Crippen LogP contribution in [-0.4, -0.2) is 22.1 Å². The van der Waals surface area contributed by atoms with Crippen LogP contribution in [0.4, 0.5) is 0 Å². The summed E-state index contributed by atoms with van der Waals surface area (Å²) in [5.74, 6) is 2.05. The highest BCUT2D eigenvalue weighted by Crippen LogP contribution is 2.33. The molecule has 1 aromatic heterocycles. The van der Waals surface area contributed by atoms with Crippen LogP contribution in [0, 0.1) is 0 Å². The lowest BCUT2D eigenvalue weighted by atomic mass is 10.0. The van der Waals surface area contributed by atoms with Crippen molar-refractivity contribution < 1.29 is 4.74 Å².